The molecule has 0 saturated carbocycles. The van der Waals surface area contributed by atoms with Crippen molar-refractivity contribution in [2.75, 3.05) is 13.7 Å². The lowest BCUT2D eigenvalue weighted by Gasteiger charge is -2.15. The molecule has 0 spiro atoms. The molecule has 0 aliphatic rings. The summed E-state index contributed by atoms with van der Waals surface area (Å²) in [5.74, 6) is 0.918. The van der Waals surface area contributed by atoms with E-state index < -0.39 is 0 Å². The second kappa shape index (κ2) is 7.59. The lowest BCUT2D eigenvalue weighted by Crippen LogP contribution is -2.27. The largest absolute Gasteiger partial charge is 0.496 e. The highest BCUT2D eigenvalue weighted by Crippen LogP contribution is 2.28. The Kier molecular flexibility index (Phi) is 5.27. The Morgan fingerprint density at radius 1 is 1.33 bits per heavy atom. The van der Waals surface area contributed by atoms with Gasteiger partial charge in [-0.05, 0) is 23.1 Å². The van der Waals surface area contributed by atoms with Gasteiger partial charge in [0.2, 0.25) is 0 Å². The molecule has 24 heavy (non-hydrogen) atoms. The van der Waals surface area contributed by atoms with E-state index in [0.717, 1.165) is 21.9 Å². The number of methoxy groups -OCH3 is 1. The zero-order valence-electron chi connectivity index (χ0n) is 13.5. The first kappa shape index (κ1) is 16.7. The number of aromatic nitrogens is 1. The van der Waals surface area contributed by atoms with Gasteiger partial charge in [0.25, 0.3) is 5.91 Å². The Bertz CT molecular complexity index is 812. The topological polar surface area (TPSA) is 51.2 Å². The third-order valence-corrected chi connectivity index (χ3v) is 5.46. The number of hydrogen-bond acceptors (Lipinski definition) is 5. The molecular weight excluding hydrogens is 340 g/mol. The molecule has 1 amide bonds. The fourth-order valence-corrected chi connectivity index (χ4v) is 3.96. The van der Waals surface area contributed by atoms with Crippen molar-refractivity contribution < 1.29 is 9.53 Å². The van der Waals surface area contributed by atoms with Gasteiger partial charge < -0.3 is 10.1 Å². The lowest BCUT2D eigenvalue weighted by atomic mass is 10.00. The van der Waals surface area contributed by atoms with Crippen LogP contribution in [0.1, 0.15) is 28.1 Å². The predicted molar refractivity (Wildman–Crippen MR) is 99.2 cm³/mol. The molecule has 1 aromatic carbocycles. The lowest BCUT2D eigenvalue weighted by molar-refractivity contribution is 0.0955. The molecule has 1 N–H and O–H groups in total. The van der Waals surface area contributed by atoms with E-state index in [-0.39, 0.29) is 11.8 Å². The third-order valence-electron chi connectivity index (χ3n) is 3.74. The highest BCUT2D eigenvalue weighted by Gasteiger charge is 2.15. The van der Waals surface area contributed by atoms with E-state index in [2.05, 4.69) is 17.2 Å². The number of carbonyl (C=O) groups is 1. The van der Waals surface area contributed by atoms with E-state index in [1.165, 1.54) is 11.3 Å². The quantitative estimate of drug-likeness (QED) is 0.710. The molecule has 0 saturated heterocycles. The fourth-order valence-electron chi connectivity index (χ4n) is 2.42. The molecule has 2 heterocycles. The molecule has 0 unspecified atom stereocenters. The van der Waals surface area contributed by atoms with Crippen LogP contribution in [0, 0.1) is 0 Å². The van der Waals surface area contributed by atoms with Gasteiger partial charge in [-0.2, -0.15) is 11.3 Å². The summed E-state index contributed by atoms with van der Waals surface area (Å²) >= 11 is 3.03. The average molecular weight is 358 g/mol. The van der Waals surface area contributed by atoms with Crippen LogP contribution in [0.25, 0.3) is 10.6 Å². The maximum atomic E-state index is 12.3. The number of benzene rings is 1. The van der Waals surface area contributed by atoms with Crippen molar-refractivity contribution >= 4 is 28.6 Å². The van der Waals surface area contributed by atoms with Gasteiger partial charge in [0, 0.05) is 23.4 Å². The number of thiazole rings is 1. The summed E-state index contributed by atoms with van der Waals surface area (Å²) in [5.41, 5.74) is 2.15. The van der Waals surface area contributed by atoms with Crippen LogP contribution in [0.4, 0.5) is 0 Å². The molecule has 0 aliphatic carbocycles. The minimum absolute atomic E-state index is 0.0873. The van der Waals surface area contributed by atoms with Gasteiger partial charge >= 0.3 is 0 Å². The number of rotatable bonds is 6. The van der Waals surface area contributed by atoms with Gasteiger partial charge in [-0.1, -0.05) is 25.1 Å². The van der Waals surface area contributed by atoms with Crippen molar-refractivity contribution in [2.45, 2.75) is 12.8 Å². The maximum absolute atomic E-state index is 12.3. The van der Waals surface area contributed by atoms with Gasteiger partial charge in [0.05, 0.1) is 13.3 Å². The summed E-state index contributed by atoms with van der Waals surface area (Å²) in [6, 6.07) is 9.89. The Labute approximate surface area is 149 Å². The van der Waals surface area contributed by atoms with Crippen LogP contribution in [0.15, 0.2) is 47.3 Å². The van der Waals surface area contributed by atoms with Crippen molar-refractivity contribution in [2.24, 2.45) is 0 Å². The van der Waals surface area contributed by atoms with Gasteiger partial charge in [-0.3, -0.25) is 4.79 Å². The van der Waals surface area contributed by atoms with Crippen LogP contribution in [0.3, 0.4) is 0 Å². The normalized spacial score (nSPS) is 11.9. The van der Waals surface area contributed by atoms with Gasteiger partial charge in [0.15, 0.2) is 0 Å². The average Bonchev–Trinajstić information content (AvgIpc) is 3.30. The van der Waals surface area contributed by atoms with Gasteiger partial charge in [0.1, 0.15) is 15.6 Å². The van der Waals surface area contributed by atoms with Crippen LogP contribution < -0.4 is 10.1 Å². The molecule has 0 radical (unpaired) electrons. The van der Waals surface area contributed by atoms with Gasteiger partial charge in [-0.25, -0.2) is 4.98 Å². The van der Waals surface area contributed by atoms with Crippen LogP contribution in [-0.2, 0) is 0 Å². The Morgan fingerprint density at radius 2 is 2.17 bits per heavy atom. The summed E-state index contributed by atoms with van der Waals surface area (Å²) in [5, 5.41) is 7.90. The Morgan fingerprint density at radius 3 is 2.92 bits per heavy atom. The fraction of sp³-hybridized carbons (Fsp3) is 0.222. The second-order valence-corrected chi connectivity index (χ2v) is 7.21. The SMILES string of the molecule is COc1ccccc1[C@H](C)CNC(=O)c1cnc(-c2ccsc2)s1. The minimum atomic E-state index is -0.0873. The first-order valence-electron chi connectivity index (χ1n) is 7.58. The van der Waals surface area contributed by atoms with Crippen LogP contribution in [-0.4, -0.2) is 24.5 Å². The van der Waals surface area contributed by atoms with Crippen molar-refractivity contribution in [3.8, 4) is 16.3 Å². The zero-order chi connectivity index (χ0) is 16.9. The highest BCUT2D eigenvalue weighted by molar-refractivity contribution is 7.17. The Balaban J connectivity index is 1.63. The smallest absolute Gasteiger partial charge is 0.263 e. The van der Waals surface area contributed by atoms with E-state index in [0.29, 0.717) is 11.4 Å². The van der Waals surface area contributed by atoms with E-state index in [4.69, 9.17) is 4.74 Å². The molecule has 4 nitrogen and oxygen atoms in total. The molecule has 6 heteroatoms. The van der Waals surface area contributed by atoms with E-state index in [1.54, 1.807) is 24.6 Å². The molecule has 1 atom stereocenters. The number of ether oxygens (including phenoxy) is 1. The molecule has 0 bridgehead atoms. The number of amides is 1. The van der Waals surface area contributed by atoms with Crippen LogP contribution in [0.2, 0.25) is 0 Å². The molecule has 3 rings (SSSR count). The second-order valence-electron chi connectivity index (χ2n) is 5.39. The molecule has 3 aromatic rings. The van der Waals surface area contributed by atoms with E-state index in [9.17, 15) is 4.79 Å². The van der Waals surface area contributed by atoms with Crippen LogP contribution in [0.5, 0.6) is 5.75 Å². The summed E-state index contributed by atoms with van der Waals surface area (Å²) < 4.78 is 5.38. The molecule has 124 valence electrons. The standard InChI is InChI=1S/C18H18N2O2S2/c1-12(14-5-3-4-6-15(14)22-2)9-19-17(21)16-10-20-18(24-16)13-7-8-23-11-13/h3-8,10-12H,9H2,1-2H3,(H,19,21)/t12-/m1/s1. The zero-order valence-corrected chi connectivity index (χ0v) is 15.1. The van der Waals surface area contributed by atoms with E-state index in [1.807, 2.05) is 41.1 Å². The van der Waals surface area contributed by atoms with Gasteiger partial charge in [-0.15, -0.1) is 11.3 Å². The number of hydrogen-bond donors (Lipinski definition) is 1. The third kappa shape index (κ3) is 3.66. The summed E-state index contributed by atoms with van der Waals surface area (Å²) in [6.07, 6.45) is 1.64. The molecule has 2 aromatic heterocycles. The number of para-hydroxylation sites is 1. The van der Waals surface area contributed by atoms with Crippen molar-refractivity contribution in [3.63, 3.8) is 0 Å². The number of thiophene rings is 1. The summed E-state index contributed by atoms with van der Waals surface area (Å²) in [4.78, 5) is 17.3. The number of carbonyl (C=O) groups excluding carboxylic acids is 1. The summed E-state index contributed by atoms with van der Waals surface area (Å²) in [6.45, 7) is 2.62. The first-order valence-corrected chi connectivity index (χ1v) is 9.34. The minimum Gasteiger partial charge on any atom is -0.496 e. The van der Waals surface area contributed by atoms with E-state index >= 15 is 0 Å². The van der Waals surface area contributed by atoms with Crippen molar-refractivity contribution in [3.05, 3.63) is 57.7 Å². The maximum Gasteiger partial charge on any atom is 0.263 e. The van der Waals surface area contributed by atoms with Crippen molar-refractivity contribution in [1.29, 1.82) is 0 Å². The highest BCUT2D eigenvalue weighted by atomic mass is 32.1. The molecule has 0 aliphatic heterocycles. The van der Waals surface area contributed by atoms with Crippen LogP contribution >= 0.6 is 22.7 Å². The molecular formula is C18H18N2O2S2. The van der Waals surface area contributed by atoms with Crippen molar-refractivity contribution in [1.82, 2.24) is 10.3 Å². The molecule has 0 fully saturated rings. The monoisotopic (exact) mass is 358 g/mol. The Hall–Kier alpha value is -2.18. The summed E-state index contributed by atoms with van der Waals surface area (Å²) in [7, 11) is 1.66. The predicted octanol–water partition coefficient (Wildman–Crippen LogP) is 4.41. The number of nitrogens with one attached hydrogen (secondary N) is 1. The first-order chi connectivity index (χ1) is 11.7. The number of nitrogens with zero attached hydrogens (tertiary/aromatic N) is 1.